The standard InChI is InChI=1S/C25H30N2O4/c1-30-22-14-11-19(16-23(22)31-2)24(28)26-20-12-9-18(10-13-20)25(29)27-15-5-7-17-6-3-4-8-21(17)27/h9-14,16-17,21H,3-8,15H2,1-2H3,(H,26,28)/t17-,21-/m0/s1. The van der Waals surface area contributed by atoms with Gasteiger partial charge in [-0.15, -0.1) is 0 Å². The van der Waals surface area contributed by atoms with E-state index in [-0.39, 0.29) is 11.8 Å². The molecule has 1 aliphatic heterocycles. The van der Waals surface area contributed by atoms with E-state index in [1.165, 1.54) is 32.8 Å². The van der Waals surface area contributed by atoms with E-state index in [0.29, 0.717) is 40.3 Å². The molecule has 2 aliphatic rings. The van der Waals surface area contributed by atoms with Gasteiger partial charge in [-0.05, 0) is 74.1 Å². The summed E-state index contributed by atoms with van der Waals surface area (Å²) < 4.78 is 10.5. The Balaban J connectivity index is 1.43. The lowest BCUT2D eigenvalue weighted by molar-refractivity contribution is 0.0390. The summed E-state index contributed by atoms with van der Waals surface area (Å²) in [5.74, 6) is 1.58. The van der Waals surface area contributed by atoms with E-state index in [1.54, 1.807) is 49.6 Å². The van der Waals surface area contributed by atoms with Crippen molar-refractivity contribution in [1.29, 1.82) is 0 Å². The van der Waals surface area contributed by atoms with Crippen LogP contribution in [0.2, 0.25) is 0 Å². The highest BCUT2D eigenvalue weighted by Crippen LogP contribution is 2.36. The molecule has 2 aromatic rings. The molecule has 0 spiro atoms. The van der Waals surface area contributed by atoms with Crippen molar-refractivity contribution in [2.75, 3.05) is 26.1 Å². The van der Waals surface area contributed by atoms with Crippen molar-refractivity contribution in [2.45, 2.75) is 44.6 Å². The molecule has 2 aromatic carbocycles. The van der Waals surface area contributed by atoms with Crippen molar-refractivity contribution in [2.24, 2.45) is 5.92 Å². The summed E-state index contributed by atoms with van der Waals surface area (Å²) in [6, 6.07) is 12.6. The van der Waals surface area contributed by atoms with Gasteiger partial charge in [-0.25, -0.2) is 0 Å². The Morgan fingerprint density at radius 3 is 2.29 bits per heavy atom. The van der Waals surface area contributed by atoms with Crippen LogP contribution in [0.15, 0.2) is 42.5 Å². The topological polar surface area (TPSA) is 67.9 Å². The lowest BCUT2D eigenvalue weighted by Crippen LogP contribution is -2.49. The Morgan fingerprint density at radius 1 is 0.871 bits per heavy atom. The van der Waals surface area contributed by atoms with Crippen LogP contribution in [-0.4, -0.2) is 43.5 Å². The summed E-state index contributed by atoms with van der Waals surface area (Å²) in [4.78, 5) is 27.9. The molecule has 1 N–H and O–H groups in total. The number of likely N-dealkylation sites (tertiary alicyclic amines) is 1. The predicted molar refractivity (Wildman–Crippen MR) is 120 cm³/mol. The molecule has 2 fully saturated rings. The molecule has 2 amide bonds. The molecule has 1 saturated heterocycles. The van der Waals surface area contributed by atoms with Gasteiger partial charge in [0.15, 0.2) is 11.5 Å². The lowest BCUT2D eigenvalue weighted by atomic mass is 9.78. The molecule has 2 atom stereocenters. The summed E-state index contributed by atoms with van der Waals surface area (Å²) in [5.41, 5.74) is 1.79. The van der Waals surface area contributed by atoms with E-state index in [2.05, 4.69) is 10.2 Å². The third kappa shape index (κ3) is 4.53. The van der Waals surface area contributed by atoms with Gasteiger partial charge >= 0.3 is 0 Å². The number of hydrogen-bond acceptors (Lipinski definition) is 4. The van der Waals surface area contributed by atoms with E-state index < -0.39 is 0 Å². The SMILES string of the molecule is COc1ccc(C(=O)Nc2ccc(C(=O)N3CCC[C@@H]4CCCC[C@@H]43)cc2)cc1OC. The highest BCUT2D eigenvalue weighted by Gasteiger charge is 2.35. The van der Waals surface area contributed by atoms with Gasteiger partial charge in [0.1, 0.15) is 0 Å². The zero-order chi connectivity index (χ0) is 21.8. The fourth-order valence-corrected chi connectivity index (χ4v) is 4.92. The van der Waals surface area contributed by atoms with Crippen molar-refractivity contribution in [3.8, 4) is 11.5 Å². The van der Waals surface area contributed by atoms with Crippen molar-refractivity contribution < 1.29 is 19.1 Å². The number of anilines is 1. The van der Waals surface area contributed by atoms with Gasteiger partial charge in [0.2, 0.25) is 0 Å². The van der Waals surface area contributed by atoms with Gasteiger partial charge in [-0.2, -0.15) is 0 Å². The van der Waals surface area contributed by atoms with Crippen LogP contribution in [0.25, 0.3) is 0 Å². The molecule has 0 unspecified atom stereocenters. The number of carbonyl (C=O) groups excluding carboxylic acids is 2. The Bertz CT molecular complexity index is 939. The normalized spacial score (nSPS) is 20.5. The number of hydrogen-bond donors (Lipinski definition) is 1. The average molecular weight is 423 g/mol. The number of methoxy groups -OCH3 is 2. The molecule has 4 rings (SSSR count). The van der Waals surface area contributed by atoms with Crippen molar-refractivity contribution in [1.82, 2.24) is 4.90 Å². The van der Waals surface area contributed by atoms with E-state index in [9.17, 15) is 9.59 Å². The molecule has 164 valence electrons. The third-order valence-corrected chi connectivity index (χ3v) is 6.54. The van der Waals surface area contributed by atoms with E-state index in [4.69, 9.17) is 9.47 Å². The minimum atomic E-state index is -0.249. The Labute approximate surface area is 183 Å². The van der Waals surface area contributed by atoms with Crippen LogP contribution < -0.4 is 14.8 Å². The van der Waals surface area contributed by atoms with Gasteiger partial charge in [0.05, 0.1) is 14.2 Å². The quantitative estimate of drug-likeness (QED) is 0.755. The molecule has 0 radical (unpaired) electrons. The molecule has 1 heterocycles. The first-order chi connectivity index (χ1) is 15.1. The van der Waals surface area contributed by atoms with Crippen LogP contribution in [0, 0.1) is 5.92 Å². The molecule has 0 aromatic heterocycles. The zero-order valence-corrected chi connectivity index (χ0v) is 18.2. The maximum atomic E-state index is 13.2. The third-order valence-electron chi connectivity index (χ3n) is 6.54. The predicted octanol–water partition coefficient (Wildman–Crippen LogP) is 4.75. The Kier molecular flexibility index (Phi) is 6.44. The average Bonchev–Trinajstić information content (AvgIpc) is 2.83. The monoisotopic (exact) mass is 422 g/mol. The van der Waals surface area contributed by atoms with Gasteiger partial charge in [0.25, 0.3) is 11.8 Å². The van der Waals surface area contributed by atoms with Crippen LogP contribution >= 0.6 is 0 Å². The lowest BCUT2D eigenvalue weighted by Gasteiger charge is -2.44. The number of amides is 2. The second kappa shape index (κ2) is 9.41. The number of carbonyl (C=O) groups is 2. The molecule has 1 aliphatic carbocycles. The smallest absolute Gasteiger partial charge is 0.255 e. The van der Waals surface area contributed by atoms with Crippen LogP contribution in [0.5, 0.6) is 11.5 Å². The number of ether oxygens (including phenoxy) is 2. The number of nitrogens with one attached hydrogen (secondary N) is 1. The van der Waals surface area contributed by atoms with Gasteiger partial charge < -0.3 is 19.7 Å². The van der Waals surface area contributed by atoms with E-state index in [0.717, 1.165) is 19.4 Å². The molecule has 31 heavy (non-hydrogen) atoms. The summed E-state index contributed by atoms with van der Waals surface area (Å²) >= 11 is 0. The van der Waals surface area contributed by atoms with E-state index >= 15 is 0 Å². The van der Waals surface area contributed by atoms with Crippen LogP contribution in [0.3, 0.4) is 0 Å². The molecule has 1 saturated carbocycles. The Hall–Kier alpha value is -3.02. The second-order valence-electron chi connectivity index (χ2n) is 8.35. The van der Waals surface area contributed by atoms with Crippen LogP contribution in [0.1, 0.15) is 59.2 Å². The first-order valence-corrected chi connectivity index (χ1v) is 11.0. The largest absolute Gasteiger partial charge is 0.493 e. The Morgan fingerprint density at radius 2 is 1.55 bits per heavy atom. The molecule has 0 bridgehead atoms. The number of fused-ring (bicyclic) bond motifs is 1. The maximum absolute atomic E-state index is 13.2. The highest BCUT2D eigenvalue weighted by molar-refractivity contribution is 6.05. The minimum absolute atomic E-state index is 0.106. The second-order valence-corrected chi connectivity index (χ2v) is 8.35. The zero-order valence-electron chi connectivity index (χ0n) is 18.2. The first-order valence-electron chi connectivity index (χ1n) is 11.0. The van der Waals surface area contributed by atoms with Crippen molar-refractivity contribution >= 4 is 17.5 Å². The van der Waals surface area contributed by atoms with Gasteiger partial charge in [-0.1, -0.05) is 12.8 Å². The molecular weight excluding hydrogens is 392 g/mol. The molecule has 6 heteroatoms. The fourth-order valence-electron chi connectivity index (χ4n) is 4.92. The summed E-state index contributed by atoms with van der Waals surface area (Å²) in [6.07, 6.45) is 7.21. The van der Waals surface area contributed by atoms with Gasteiger partial charge in [0, 0.05) is 29.4 Å². The summed E-state index contributed by atoms with van der Waals surface area (Å²) in [6.45, 7) is 0.845. The minimum Gasteiger partial charge on any atom is -0.493 e. The van der Waals surface area contributed by atoms with Crippen molar-refractivity contribution in [3.63, 3.8) is 0 Å². The fraction of sp³-hybridized carbons (Fsp3) is 0.440. The number of nitrogens with zero attached hydrogens (tertiary/aromatic N) is 1. The number of piperidine rings is 1. The van der Waals surface area contributed by atoms with Crippen molar-refractivity contribution in [3.05, 3.63) is 53.6 Å². The molecule has 6 nitrogen and oxygen atoms in total. The van der Waals surface area contributed by atoms with E-state index in [1.807, 2.05) is 0 Å². The van der Waals surface area contributed by atoms with Crippen LogP contribution in [0.4, 0.5) is 5.69 Å². The summed E-state index contributed by atoms with van der Waals surface area (Å²) in [5, 5.41) is 2.88. The van der Waals surface area contributed by atoms with Crippen LogP contribution in [-0.2, 0) is 0 Å². The number of benzene rings is 2. The van der Waals surface area contributed by atoms with Gasteiger partial charge in [-0.3, -0.25) is 9.59 Å². The highest BCUT2D eigenvalue weighted by atomic mass is 16.5. The molecular formula is C25H30N2O4. The number of rotatable bonds is 5. The maximum Gasteiger partial charge on any atom is 0.255 e. The first kappa shape index (κ1) is 21.2. The summed E-state index contributed by atoms with van der Waals surface area (Å²) in [7, 11) is 3.09.